The molecule has 0 atom stereocenters. The van der Waals surface area contributed by atoms with Crippen LogP contribution < -0.4 is 0 Å². The van der Waals surface area contributed by atoms with E-state index in [0.717, 1.165) is 55.8 Å². The minimum absolute atomic E-state index is 1.08. The molecule has 0 fully saturated rings. The summed E-state index contributed by atoms with van der Waals surface area (Å²) in [5.41, 5.74) is 12.5. The van der Waals surface area contributed by atoms with Crippen LogP contribution in [0.15, 0.2) is 153 Å². The number of rotatable bonds is 6. The minimum Gasteiger partial charge on any atom is -0.313 e. The third-order valence-corrected chi connectivity index (χ3v) is 8.69. The van der Waals surface area contributed by atoms with Gasteiger partial charge in [0.1, 0.15) is 0 Å². The Labute approximate surface area is 261 Å². The summed E-state index contributed by atoms with van der Waals surface area (Å²) in [7, 11) is 0. The molecule has 4 aromatic carbocycles. The lowest BCUT2D eigenvalue weighted by atomic mass is 10.0. The zero-order chi connectivity index (χ0) is 30.3. The summed E-state index contributed by atoms with van der Waals surface area (Å²) in [5.74, 6) is 0. The zero-order valence-corrected chi connectivity index (χ0v) is 24.9. The van der Waals surface area contributed by atoms with Gasteiger partial charge in [-0.1, -0.05) is 85.5 Å². The van der Waals surface area contributed by atoms with Gasteiger partial charge in [-0.15, -0.1) is 0 Å². The molecule has 45 heavy (non-hydrogen) atoms. The summed E-state index contributed by atoms with van der Waals surface area (Å²) < 4.78 is 4.63. The number of para-hydroxylation sites is 2. The largest absolute Gasteiger partial charge is 0.313 e. The van der Waals surface area contributed by atoms with Gasteiger partial charge in [-0.2, -0.15) is 0 Å². The molecule has 8 aromatic rings. The van der Waals surface area contributed by atoms with E-state index in [1.807, 2.05) is 30.9 Å². The Balaban J connectivity index is 1.12. The number of hydrogen-bond donors (Lipinski definition) is 0. The van der Waals surface area contributed by atoms with Gasteiger partial charge < -0.3 is 9.13 Å². The molecule has 0 aliphatic rings. The van der Waals surface area contributed by atoms with Crippen LogP contribution in [0.2, 0.25) is 0 Å². The van der Waals surface area contributed by atoms with E-state index in [9.17, 15) is 0 Å². The Morgan fingerprint density at radius 1 is 0.556 bits per heavy atom. The summed E-state index contributed by atoms with van der Waals surface area (Å²) in [6.45, 7) is 5.98. The first-order chi connectivity index (χ1) is 22.2. The van der Waals surface area contributed by atoms with E-state index < -0.39 is 0 Å². The highest BCUT2D eigenvalue weighted by atomic mass is 15.0. The first-order valence-corrected chi connectivity index (χ1v) is 15.1. The maximum atomic E-state index is 4.63. The van der Waals surface area contributed by atoms with Gasteiger partial charge in [-0.05, 0) is 66.6 Å². The van der Waals surface area contributed by atoms with Gasteiger partial charge in [-0.25, -0.2) is 0 Å². The molecule has 0 spiro atoms. The van der Waals surface area contributed by atoms with Crippen molar-refractivity contribution in [3.63, 3.8) is 0 Å². The van der Waals surface area contributed by atoms with E-state index in [0.29, 0.717) is 0 Å². The van der Waals surface area contributed by atoms with Gasteiger partial charge in [0.15, 0.2) is 0 Å². The molecule has 4 heterocycles. The number of nitrogens with zero attached hydrogens (tertiary/aromatic N) is 4. The molecule has 0 unspecified atom stereocenters. The molecule has 0 N–H and O–H groups in total. The highest BCUT2D eigenvalue weighted by Gasteiger charge is 2.15. The second kappa shape index (κ2) is 10.9. The van der Waals surface area contributed by atoms with Crippen molar-refractivity contribution in [2.75, 3.05) is 0 Å². The summed E-state index contributed by atoms with van der Waals surface area (Å²) >= 11 is 0. The Hall–Kier alpha value is -6.00. The fraction of sp³-hybridized carbons (Fsp3) is 0.0244. The standard InChI is InChI=1S/C41H30N4/c1-3-4-9-35-28(2)44(41-22-23-42-27-38(35)41)33-18-14-29(15-19-33)31-24-32(26-43-25-31)30-16-20-34(21-17-30)45-39-12-7-5-10-36(39)37-11-6-8-13-40(37)45/h3-27H,1H2,2H3/b9-4-. The lowest BCUT2D eigenvalue weighted by Crippen LogP contribution is -1.97. The van der Waals surface area contributed by atoms with Gasteiger partial charge in [0, 0.05) is 74.7 Å². The fourth-order valence-electron chi connectivity index (χ4n) is 6.56. The van der Waals surface area contributed by atoms with Gasteiger partial charge >= 0.3 is 0 Å². The van der Waals surface area contributed by atoms with Crippen molar-refractivity contribution in [1.29, 1.82) is 0 Å². The number of hydrogen-bond acceptors (Lipinski definition) is 2. The molecule has 4 heteroatoms. The van der Waals surface area contributed by atoms with Crippen LogP contribution in [-0.2, 0) is 0 Å². The SMILES string of the molecule is C=C/C=C\c1c(C)n(-c2ccc(-c3cncc(-c4ccc(-n5c6ccccc6c6ccccc65)cc4)c3)cc2)c2ccncc12. The molecule has 4 aromatic heterocycles. The average molecular weight is 579 g/mol. The molecule has 0 bridgehead atoms. The summed E-state index contributed by atoms with van der Waals surface area (Å²) in [6.07, 6.45) is 13.5. The topological polar surface area (TPSA) is 35.6 Å². The molecule has 0 aliphatic carbocycles. The van der Waals surface area contributed by atoms with Crippen LogP contribution in [0.5, 0.6) is 0 Å². The van der Waals surface area contributed by atoms with Gasteiger partial charge in [0.05, 0.1) is 16.6 Å². The monoisotopic (exact) mass is 578 g/mol. The number of fused-ring (bicyclic) bond motifs is 4. The molecule has 4 nitrogen and oxygen atoms in total. The number of benzene rings is 4. The van der Waals surface area contributed by atoms with Gasteiger partial charge in [0.25, 0.3) is 0 Å². The summed E-state index contributed by atoms with van der Waals surface area (Å²) in [6, 6.07) is 39.0. The Bertz CT molecular complexity index is 2330. The van der Waals surface area contributed by atoms with Crippen molar-refractivity contribution >= 4 is 38.8 Å². The Kier molecular flexibility index (Phi) is 6.46. The second-order valence-corrected chi connectivity index (χ2v) is 11.2. The molecular formula is C41H30N4. The molecule has 214 valence electrons. The molecule has 0 saturated heterocycles. The van der Waals surface area contributed by atoms with Crippen molar-refractivity contribution in [1.82, 2.24) is 19.1 Å². The number of aromatic nitrogens is 4. The average Bonchev–Trinajstić information content (AvgIpc) is 3.59. The lowest BCUT2D eigenvalue weighted by Gasteiger charge is -2.11. The molecular weight excluding hydrogens is 548 g/mol. The predicted octanol–water partition coefficient (Wildman–Crippen LogP) is 10.4. The Morgan fingerprint density at radius 2 is 1.11 bits per heavy atom. The molecule has 0 aliphatic heterocycles. The van der Waals surface area contributed by atoms with Crippen LogP contribution in [0.1, 0.15) is 11.3 Å². The van der Waals surface area contributed by atoms with Gasteiger partial charge in [-0.3, -0.25) is 9.97 Å². The van der Waals surface area contributed by atoms with Crippen molar-refractivity contribution < 1.29 is 0 Å². The lowest BCUT2D eigenvalue weighted by molar-refractivity contribution is 1.05. The molecule has 8 rings (SSSR count). The third-order valence-electron chi connectivity index (χ3n) is 8.69. The van der Waals surface area contributed by atoms with E-state index in [4.69, 9.17) is 0 Å². The molecule has 0 amide bonds. The minimum atomic E-state index is 1.08. The smallest absolute Gasteiger partial charge is 0.0568 e. The van der Waals surface area contributed by atoms with E-state index in [-0.39, 0.29) is 0 Å². The first kappa shape index (κ1) is 26.6. The fourth-order valence-corrected chi connectivity index (χ4v) is 6.56. The van der Waals surface area contributed by atoms with Crippen molar-refractivity contribution in [2.24, 2.45) is 0 Å². The van der Waals surface area contributed by atoms with E-state index in [1.54, 1.807) is 6.08 Å². The highest BCUT2D eigenvalue weighted by molar-refractivity contribution is 6.09. The van der Waals surface area contributed by atoms with Crippen molar-refractivity contribution in [3.05, 3.63) is 164 Å². The van der Waals surface area contributed by atoms with E-state index in [2.05, 4.69) is 148 Å². The first-order valence-electron chi connectivity index (χ1n) is 15.1. The van der Waals surface area contributed by atoms with Crippen LogP contribution in [0.3, 0.4) is 0 Å². The van der Waals surface area contributed by atoms with Crippen LogP contribution >= 0.6 is 0 Å². The van der Waals surface area contributed by atoms with Crippen LogP contribution in [0, 0.1) is 6.92 Å². The van der Waals surface area contributed by atoms with Crippen LogP contribution in [-0.4, -0.2) is 19.1 Å². The van der Waals surface area contributed by atoms with Crippen molar-refractivity contribution in [2.45, 2.75) is 6.92 Å². The quantitative estimate of drug-likeness (QED) is 0.184. The van der Waals surface area contributed by atoms with Gasteiger partial charge in [0.2, 0.25) is 0 Å². The zero-order valence-electron chi connectivity index (χ0n) is 24.9. The third kappa shape index (κ3) is 4.47. The number of pyridine rings is 2. The van der Waals surface area contributed by atoms with Crippen LogP contribution in [0.4, 0.5) is 0 Å². The maximum absolute atomic E-state index is 4.63. The maximum Gasteiger partial charge on any atom is 0.0568 e. The van der Waals surface area contributed by atoms with E-state index in [1.165, 1.54) is 21.8 Å². The van der Waals surface area contributed by atoms with Crippen molar-refractivity contribution in [3.8, 4) is 33.6 Å². The molecule has 0 radical (unpaired) electrons. The molecule has 0 saturated carbocycles. The second-order valence-electron chi connectivity index (χ2n) is 11.2. The Morgan fingerprint density at radius 3 is 1.71 bits per heavy atom. The van der Waals surface area contributed by atoms with E-state index >= 15 is 0 Å². The summed E-state index contributed by atoms with van der Waals surface area (Å²) in [4.78, 5) is 9.00. The highest BCUT2D eigenvalue weighted by Crippen LogP contribution is 2.34. The number of allylic oxidation sites excluding steroid dienone is 2. The summed E-state index contributed by atoms with van der Waals surface area (Å²) in [5, 5.41) is 3.66. The normalized spacial score (nSPS) is 11.7. The van der Waals surface area contributed by atoms with Crippen LogP contribution in [0.25, 0.3) is 72.4 Å². The predicted molar refractivity (Wildman–Crippen MR) is 188 cm³/mol.